The molecule has 6 aromatic rings. The van der Waals surface area contributed by atoms with Crippen LogP contribution in [-0.4, -0.2) is 142 Å². The number of ether oxygens (including phenoxy) is 2. The van der Waals surface area contributed by atoms with E-state index in [0.717, 1.165) is 74.9 Å². The van der Waals surface area contributed by atoms with Crippen LogP contribution in [0.15, 0.2) is 86.8 Å². The molecule has 2 saturated heterocycles. The maximum absolute atomic E-state index is 12.2. The summed E-state index contributed by atoms with van der Waals surface area (Å²) in [6.45, 7) is 14.3. The Morgan fingerprint density at radius 1 is 0.638 bits per heavy atom. The van der Waals surface area contributed by atoms with E-state index in [1.807, 2.05) is 44.7 Å². The number of amides is 2. The Morgan fingerprint density at radius 2 is 1.10 bits per heavy atom. The number of halogens is 3. The molecule has 5 N–H and O–H groups in total. The molecule has 6 heterocycles. The van der Waals surface area contributed by atoms with Crippen molar-refractivity contribution in [3.8, 4) is 34.0 Å². The van der Waals surface area contributed by atoms with Crippen molar-refractivity contribution < 1.29 is 19.1 Å². The van der Waals surface area contributed by atoms with Crippen LogP contribution in [0.1, 0.15) is 0 Å². The summed E-state index contributed by atoms with van der Waals surface area (Å²) in [6, 6.07) is 7.33. The van der Waals surface area contributed by atoms with E-state index in [1.165, 1.54) is 24.5 Å². The first-order chi connectivity index (χ1) is 33.1. The lowest BCUT2D eigenvalue weighted by molar-refractivity contribution is -0.112. The van der Waals surface area contributed by atoms with Crippen LogP contribution in [0.25, 0.3) is 22.5 Å². The van der Waals surface area contributed by atoms with Gasteiger partial charge in [0.15, 0.2) is 0 Å². The van der Waals surface area contributed by atoms with Crippen molar-refractivity contribution in [1.29, 1.82) is 0 Å². The second kappa shape index (κ2) is 23.8. The highest BCUT2D eigenvalue weighted by molar-refractivity contribution is 6.33. The Hall–Kier alpha value is -6.97. The Labute approximate surface area is 415 Å². The van der Waals surface area contributed by atoms with E-state index in [0.29, 0.717) is 61.6 Å². The van der Waals surface area contributed by atoms with Crippen molar-refractivity contribution in [3.05, 3.63) is 102 Å². The number of aromatic nitrogens is 8. The highest BCUT2D eigenvalue weighted by Crippen LogP contribution is 2.40. The Balaban J connectivity index is 0.000000189. The van der Waals surface area contributed by atoms with Gasteiger partial charge in [0.25, 0.3) is 0 Å². The minimum absolute atomic E-state index is 0.174. The van der Waals surface area contributed by atoms with E-state index in [1.54, 1.807) is 42.0 Å². The molecule has 69 heavy (non-hydrogen) atoms. The van der Waals surface area contributed by atoms with Gasteiger partial charge in [0.2, 0.25) is 23.0 Å². The van der Waals surface area contributed by atoms with Gasteiger partial charge in [-0.3, -0.25) is 19.0 Å². The lowest BCUT2D eigenvalue weighted by atomic mass is 10.1. The van der Waals surface area contributed by atoms with E-state index in [9.17, 15) is 9.59 Å². The number of benzene rings is 2. The van der Waals surface area contributed by atoms with Crippen LogP contribution < -0.4 is 41.0 Å². The topological polar surface area (TPSA) is 215 Å². The summed E-state index contributed by atoms with van der Waals surface area (Å²) in [7, 11) is 11.0. The molecule has 0 radical (unpaired) electrons. The molecule has 8 rings (SSSR count). The molecule has 0 spiro atoms. The summed E-state index contributed by atoms with van der Waals surface area (Å²) in [5.41, 5.74) is 12.9. The van der Waals surface area contributed by atoms with Crippen LogP contribution in [0.2, 0.25) is 15.3 Å². The molecule has 2 aliphatic rings. The molecule has 0 bridgehead atoms. The molecule has 23 heteroatoms. The van der Waals surface area contributed by atoms with Crippen molar-refractivity contribution >= 4 is 86.7 Å². The zero-order valence-corrected chi connectivity index (χ0v) is 41.5. The molecule has 20 nitrogen and oxygen atoms in total. The third kappa shape index (κ3) is 13.6. The van der Waals surface area contributed by atoms with Crippen molar-refractivity contribution in [3.63, 3.8) is 0 Å². The molecule has 0 aliphatic carbocycles. The zero-order chi connectivity index (χ0) is 49.8. The first kappa shape index (κ1) is 51.4. The van der Waals surface area contributed by atoms with Crippen LogP contribution in [0, 0.1) is 0 Å². The summed E-state index contributed by atoms with van der Waals surface area (Å²) in [4.78, 5) is 49.4. The number of methoxy groups -OCH3 is 2. The third-order valence-electron chi connectivity index (χ3n) is 10.9. The lowest BCUT2D eigenvalue weighted by Crippen LogP contribution is -2.44. The van der Waals surface area contributed by atoms with Crippen LogP contribution in [0.3, 0.4) is 0 Å². The number of nitrogens with zero attached hydrogens (tertiary/aromatic N) is 12. The maximum Gasteiger partial charge on any atom is 0.247 e. The number of nitrogens with two attached hydrogens (primary N) is 1. The first-order valence-corrected chi connectivity index (χ1v) is 22.6. The second-order valence-electron chi connectivity index (χ2n) is 15.8. The Morgan fingerprint density at radius 3 is 1.57 bits per heavy atom. The molecule has 0 saturated carbocycles. The number of nitrogens with one attached hydrogen (secondary N) is 3. The molecular formula is C46H55Cl3N16O4. The predicted molar refractivity (Wildman–Crippen MR) is 274 cm³/mol. The van der Waals surface area contributed by atoms with Gasteiger partial charge in [0.1, 0.15) is 11.5 Å². The third-order valence-corrected chi connectivity index (χ3v) is 11.6. The number of hydrogen-bond acceptors (Lipinski definition) is 16. The van der Waals surface area contributed by atoms with Crippen LogP contribution >= 0.6 is 34.8 Å². The summed E-state index contributed by atoms with van der Waals surface area (Å²) in [5.74, 6) is 0.977. The molecule has 2 aliphatic heterocycles. The molecule has 0 unspecified atom stereocenters. The molecule has 2 fully saturated rings. The molecule has 364 valence electrons. The normalized spacial score (nSPS) is 13.8. The Bertz CT molecular complexity index is 2770. The molecular weight excluding hydrogens is 947 g/mol. The van der Waals surface area contributed by atoms with Gasteiger partial charge in [0, 0.05) is 102 Å². The number of hydrogen-bond donors (Lipinski definition) is 4. The van der Waals surface area contributed by atoms with Gasteiger partial charge in [0.05, 0.1) is 94.6 Å². The van der Waals surface area contributed by atoms with Crippen molar-refractivity contribution in [2.75, 3.05) is 112 Å². The molecule has 4 aromatic heterocycles. The fourth-order valence-electron chi connectivity index (χ4n) is 7.17. The van der Waals surface area contributed by atoms with Crippen molar-refractivity contribution in [1.82, 2.24) is 49.3 Å². The fraction of sp³-hybridized carbons (Fsp3) is 0.304. The highest BCUT2D eigenvalue weighted by atomic mass is 35.5. The van der Waals surface area contributed by atoms with E-state index in [4.69, 9.17) is 50.0 Å². The molecule has 2 aromatic carbocycles. The van der Waals surface area contributed by atoms with Crippen molar-refractivity contribution in [2.24, 2.45) is 14.1 Å². The van der Waals surface area contributed by atoms with Crippen molar-refractivity contribution in [2.45, 2.75) is 0 Å². The summed E-state index contributed by atoms with van der Waals surface area (Å²) in [6.07, 6.45) is 12.5. The average molecular weight is 1000 g/mol. The highest BCUT2D eigenvalue weighted by Gasteiger charge is 2.23. The van der Waals surface area contributed by atoms with E-state index in [-0.39, 0.29) is 17.1 Å². The standard InChI is InChI=1S/C23H27ClN8O2.C15H22N4O2.C8H6Cl2N4/c1-5-21(33)27-17-10-18(20(34-4)11-19(17)32-8-6-30(2)7-9-32)28-23-25-13-16(24)22(29-23)15-12-26-31(3)14-15;1-4-15(20)17-12-9-11(16)14(21-3)10-13(12)19-7-5-18(2)6-8-19;1-14-4-5(2-12-14)7-6(9)3-11-8(10)13-7/h5,10-14H,1,6-9H2,2-4H3,(H,27,33)(H,25,28,29);4,9-10H,1,5-8,16H2,2-3H3,(H,17,20);2-4H,1H3. The summed E-state index contributed by atoms with van der Waals surface area (Å²) in [5, 5.41) is 18.2. The number of likely N-dealkylation sites (N-methyl/N-ethyl adjacent to an activating group) is 2. The number of carbonyl (C=O) groups is 2. The molecule has 0 atom stereocenters. The van der Waals surface area contributed by atoms with Gasteiger partial charge in [-0.05, 0) is 50.0 Å². The fourth-order valence-corrected chi connectivity index (χ4v) is 7.70. The number of nitrogen functional groups attached to an aromatic ring is 1. The van der Waals surface area contributed by atoms with E-state index < -0.39 is 0 Å². The minimum atomic E-state index is -0.298. The van der Waals surface area contributed by atoms with Gasteiger partial charge in [-0.1, -0.05) is 36.4 Å². The predicted octanol–water partition coefficient (Wildman–Crippen LogP) is 6.50. The van der Waals surface area contributed by atoms with E-state index in [2.05, 4.69) is 92.9 Å². The monoisotopic (exact) mass is 1000 g/mol. The molecule has 2 amide bonds. The first-order valence-electron chi connectivity index (χ1n) is 21.5. The van der Waals surface area contributed by atoms with E-state index >= 15 is 0 Å². The quantitative estimate of drug-likeness (QED) is 0.0585. The van der Waals surface area contributed by atoms with Gasteiger partial charge < -0.3 is 50.8 Å². The summed E-state index contributed by atoms with van der Waals surface area (Å²) >= 11 is 17.9. The number of rotatable bonds is 12. The van der Waals surface area contributed by atoms with Gasteiger partial charge >= 0.3 is 0 Å². The van der Waals surface area contributed by atoms with Gasteiger partial charge in [-0.2, -0.15) is 10.2 Å². The number of carbonyl (C=O) groups excluding carboxylic acids is 2. The number of aryl methyl sites for hydroxylation is 2. The van der Waals surface area contributed by atoms with Crippen LogP contribution in [-0.2, 0) is 23.7 Å². The van der Waals surface area contributed by atoms with Gasteiger partial charge in [-0.25, -0.2) is 19.9 Å². The Kier molecular flexibility index (Phi) is 17.8. The number of piperazine rings is 2. The maximum atomic E-state index is 12.2. The largest absolute Gasteiger partial charge is 0.495 e. The number of anilines is 7. The lowest BCUT2D eigenvalue weighted by Gasteiger charge is -2.35. The van der Waals surface area contributed by atoms with Gasteiger partial charge in [-0.15, -0.1) is 0 Å². The minimum Gasteiger partial charge on any atom is -0.495 e. The second-order valence-corrected chi connectivity index (χ2v) is 17.0. The average Bonchev–Trinajstić information content (AvgIpc) is 3.99. The van der Waals surface area contributed by atoms with Crippen LogP contribution in [0.4, 0.5) is 40.1 Å². The SMILES string of the molecule is C=CC(=O)Nc1cc(N)c(OC)cc1N1CCN(C)CC1.C=CC(=O)Nc1cc(Nc2ncc(Cl)c(-c3cnn(C)c3)n2)c(OC)cc1N1CCN(C)CC1.Cn1cc(-c2nc(Cl)ncc2Cl)cn1. The smallest absolute Gasteiger partial charge is 0.247 e. The summed E-state index contributed by atoms with van der Waals surface area (Å²) < 4.78 is 14.3. The van der Waals surface area contributed by atoms with Crippen LogP contribution in [0.5, 0.6) is 11.5 Å². The zero-order valence-electron chi connectivity index (χ0n) is 39.2.